The summed E-state index contributed by atoms with van der Waals surface area (Å²) in [6, 6.07) is 16.1. The molecule has 1 aliphatic carbocycles. The molecule has 168 valence electrons. The van der Waals surface area contributed by atoms with Gasteiger partial charge in [-0.25, -0.2) is 13.7 Å². The predicted octanol–water partition coefficient (Wildman–Crippen LogP) is 3.66. The van der Waals surface area contributed by atoms with Gasteiger partial charge in [-0.15, -0.1) is 0 Å². The highest BCUT2D eigenvalue weighted by Crippen LogP contribution is 2.57. The number of Topliss-reactive ketones (excluding diaryl/α,β-unsaturated/α-hetero) is 2. The number of halogens is 2. The van der Waals surface area contributed by atoms with E-state index in [9.17, 15) is 28.0 Å². The second-order valence-corrected chi connectivity index (χ2v) is 8.52. The molecule has 0 saturated carbocycles. The van der Waals surface area contributed by atoms with Gasteiger partial charge in [0.05, 0.1) is 23.6 Å². The average Bonchev–Trinajstić information content (AvgIpc) is 3.40. The van der Waals surface area contributed by atoms with Gasteiger partial charge in [0.1, 0.15) is 11.6 Å². The van der Waals surface area contributed by atoms with Crippen LogP contribution in [0.4, 0.5) is 14.5 Å². The van der Waals surface area contributed by atoms with Crippen LogP contribution in [0, 0.1) is 23.5 Å². The first kappa shape index (κ1) is 20.6. The molecule has 2 heterocycles. The number of anilines is 1. The number of nitrogens with zero attached hydrogens (tertiary/aromatic N) is 1. The Hall–Kier alpha value is -4.04. The fourth-order valence-electron chi connectivity index (χ4n) is 5.32. The van der Waals surface area contributed by atoms with Crippen LogP contribution in [0.1, 0.15) is 32.4 Å². The Balaban J connectivity index is 1.54. The van der Waals surface area contributed by atoms with Crippen molar-refractivity contribution < 1.29 is 32.7 Å². The zero-order valence-corrected chi connectivity index (χ0v) is 17.4. The largest absolute Gasteiger partial charge is 0.349 e. The first-order valence-corrected chi connectivity index (χ1v) is 10.6. The van der Waals surface area contributed by atoms with E-state index in [1.807, 2.05) is 0 Å². The zero-order valence-electron chi connectivity index (χ0n) is 17.4. The molecule has 2 saturated heterocycles. The Bertz CT molecular complexity index is 1360. The molecule has 0 bridgehead atoms. The maximum Gasteiger partial charge on any atom is 0.241 e. The molecular formula is C26H15F2NO5. The zero-order chi connectivity index (χ0) is 23.8. The maximum atomic E-state index is 13.7. The molecule has 3 aromatic carbocycles. The number of ketones is 2. The number of fused-ring (bicyclic) bond motifs is 3. The van der Waals surface area contributed by atoms with Crippen molar-refractivity contribution in [2.45, 2.75) is 11.7 Å². The molecule has 6 nitrogen and oxygen atoms in total. The quantitative estimate of drug-likeness (QED) is 0.432. The normalized spacial score (nSPS) is 24.8. The van der Waals surface area contributed by atoms with Gasteiger partial charge in [0, 0.05) is 11.1 Å². The molecule has 0 N–H and O–H groups in total. The lowest BCUT2D eigenvalue weighted by Gasteiger charge is -2.27. The van der Waals surface area contributed by atoms with E-state index in [1.165, 1.54) is 48.5 Å². The van der Waals surface area contributed by atoms with E-state index >= 15 is 0 Å². The minimum atomic E-state index is -2.21. The lowest BCUT2D eigenvalue weighted by Crippen LogP contribution is -2.51. The third-order valence-electron chi connectivity index (χ3n) is 6.80. The van der Waals surface area contributed by atoms with Crippen LogP contribution >= 0.6 is 0 Å². The van der Waals surface area contributed by atoms with Crippen molar-refractivity contribution in [3.8, 4) is 0 Å². The number of imide groups is 1. The van der Waals surface area contributed by atoms with Crippen LogP contribution in [0.15, 0.2) is 72.8 Å². The van der Waals surface area contributed by atoms with E-state index in [0.29, 0.717) is 5.56 Å². The van der Waals surface area contributed by atoms with Crippen LogP contribution in [0.25, 0.3) is 0 Å². The summed E-state index contributed by atoms with van der Waals surface area (Å²) in [6.45, 7) is 0. The summed E-state index contributed by atoms with van der Waals surface area (Å²) in [7, 11) is 0. The highest BCUT2D eigenvalue weighted by atomic mass is 19.1. The van der Waals surface area contributed by atoms with Crippen molar-refractivity contribution in [2.75, 3.05) is 4.90 Å². The summed E-state index contributed by atoms with van der Waals surface area (Å²) in [5, 5.41) is 0. The van der Waals surface area contributed by atoms with Crippen molar-refractivity contribution in [3.05, 3.63) is 101 Å². The van der Waals surface area contributed by atoms with Crippen LogP contribution < -0.4 is 4.90 Å². The summed E-state index contributed by atoms with van der Waals surface area (Å²) in [6.07, 6.45) is -1.14. The molecule has 3 aliphatic rings. The second kappa shape index (κ2) is 6.98. The molecule has 3 atom stereocenters. The lowest BCUT2D eigenvalue weighted by atomic mass is 9.77. The molecule has 2 fully saturated rings. The second-order valence-electron chi connectivity index (χ2n) is 8.52. The number of ether oxygens (including phenoxy) is 1. The van der Waals surface area contributed by atoms with Crippen molar-refractivity contribution >= 4 is 29.1 Å². The van der Waals surface area contributed by atoms with Crippen molar-refractivity contribution in [1.82, 2.24) is 0 Å². The summed E-state index contributed by atoms with van der Waals surface area (Å²) < 4.78 is 33.2. The van der Waals surface area contributed by atoms with Gasteiger partial charge in [-0.05, 0) is 42.0 Å². The van der Waals surface area contributed by atoms with E-state index in [2.05, 4.69) is 0 Å². The van der Waals surface area contributed by atoms with Gasteiger partial charge in [0.2, 0.25) is 29.0 Å². The number of benzene rings is 3. The van der Waals surface area contributed by atoms with E-state index < -0.39 is 58.6 Å². The topological polar surface area (TPSA) is 80.8 Å². The Labute approximate surface area is 191 Å². The average molecular weight is 459 g/mol. The number of rotatable bonds is 2. The lowest BCUT2D eigenvalue weighted by molar-refractivity contribution is -0.127. The summed E-state index contributed by atoms with van der Waals surface area (Å²) >= 11 is 0. The Morgan fingerprint density at radius 1 is 0.706 bits per heavy atom. The van der Waals surface area contributed by atoms with Gasteiger partial charge < -0.3 is 4.74 Å². The van der Waals surface area contributed by atoms with Crippen LogP contribution in [0.2, 0.25) is 0 Å². The minimum absolute atomic E-state index is 0.117. The van der Waals surface area contributed by atoms with Gasteiger partial charge in [-0.1, -0.05) is 36.4 Å². The first-order chi connectivity index (χ1) is 16.3. The maximum absolute atomic E-state index is 13.7. The fourth-order valence-corrected chi connectivity index (χ4v) is 5.32. The molecule has 34 heavy (non-hydrogen) atoms. The van der Waals surface area contributed by atoms with Crippen LogP contribution in [0.3, 0.4) is 0 Å². The van der Waals surface area contributed by atoms with E-state index in [-0.39, 0.29) is 16.8 Å². The van der Waals surface area contributed by atoms with Crippen LogP contribution in [-0.4, -0.2) is 29.0 Å². The number of amides is 2. The van der Waals surface area contributed by atoms with Crippen LogP contribution in [-0.2, 0) is 14.3 Å². The molecule has 6 rings (SSSR count). The fraction of sp³-hybridized carbons (Fsp3) is 0.154. The molecular weight excluding hydrogens is 444 g/mol. The smallest absolute Gasteiger partial charge is 0.241 e. The molecule has 8 heteroatoms. The summed E-state index contributed by atoms with van der Waals surface area (Å²) in [5.41, 5.74) is -1.51. The van der Waals surface area contributed by atoms with Gasteiger partial charge in [0.15, 0.2) is 0 Å². The number of hydrogen-bond acceptors (Lipinski definition) is 5. The monoisotopic (exact) mass is 459 g/mol. The standard InChI is InChI=1S/C26H15F2NO5/c27-14-7-5-13(6-8-14)21-19-20(25(33)29(24(19)32)16-11-9-15(28)10-12-16)26(34-21)22(30)17-3-1-2-4-18(17)23(26)31/h1-12,19-21H. The number of carbonyl (C=O) groups is 4. The molecule has 0 aromatic heterocycles. The molecule has 2 aliphatic heterocycles. The number of carbonyl (C=O) groups excluding carboxylic acids is 4. The van der Waals surface area contributed by atoms with E-state index in [0.717, 1.165) is 17.0 Å². The minimum Gasteiger partial charge on any atom is -0.349 e. The van der Waals surface area contributed by atoms with E-state index in [4.69, 9.17) is 4.74 Å². The third kappa shape index (κ3) is 2.51. The van der Waals surface area contributed by atoms with Crippen LogP contribution in [0.5, 0.6) is 0 Å². The van der Waals surface area contributed by atoms with E-state index in [1.54, 1.807) is 12.1 Å². The van der Waals surface area contributed by atoms with Gasteiger partial charge in [-0.3, -0.25) is 19.2 Å². The van der Waals surface area contributed by atoms with Crippen molar-refractivity contribution in [2.24, 2.45) is 11.8 Å². The summed E-state index contributed by atoms with van der Waals surface area (Å²) in [5.74, 6) is -6.52. The highest BCUT2D eigenvalue weighted by Gasteiger charge is 2.74. The van der Waals surface area contributed by atoms with Gasteiger partial charge in [0.25, 0.3) is 0 Å². The Kier molecular flexibility index (Phi) is 4.22. The molecule has 3 unspecified atom stereocenters. The van der Waals surface area contributed by atoms with Gasteiger partial charge >= 0.3 is 0 Å². The first-order valence-electron chi connectivity index (χ1n) is 10.6. The highest BCUT2D eigenvalue weighted by molar-refractivity contribution is 6.37. The SMILES string of the molecule is O=C1C2C(c3ccc(F)cc3)OC3(C(=O)c4ccccc4C3=O)C2C(=O)N1c1ccc(F)cc1. The molecule has 1 spiro atoms. The molecule has 3 aromatic rings. The third-order valence-corrected chi connectivity index (χ3v) is 6.80. The van der Waals surface area contributed by atoms with Crippen molar-refractivity contribution in [1.29, 1.82) is 0 Å². The predicted molar refractivity (Wildman–Crippen MR) is 114 cm³/mol. The number of hydrogen-bond donors (Lipinski definition) is 0. The van der Waals surface area contributed by atoms with Gasteiger partial charge in [-0.2, -0.15) is 0 Å². The summed E-state index contributed by atoms with van der Waals surface area (Å²) in [4.78, 5) is 55.4. The Morgan fingerprint density at radius 2 is 1.24 bits per heavy atom. The van der Waals surface area contributed by atoms with Crippen molar-refractivity contribution in [3.63, 3.8) is 0 Å². The Morgan fingerprint density at radius 3 is 1.79 bits per heavy atom. The molecule has 2 amide bonds. The molecule has 0 radical (unpaired) electrons.